The number of nitrogens with one attached hydrogen (secondary N) is 5. The Bertz CT molecular complexity index is 7530. The quantitative estimate of drug-likeness (QED) is 0.0317. The third-order valence-corrected chi connectivity index (χ3v) is 24.4. The number of rotatable bonds is 20. The van der Waals surface area contributed by atoms with E-state index in [0.29, 0.717) is 74.2 Å². The van der Waals surface area contributed by atoms with Crippen LogP contribution >= 0.6 is 11.6 Å². The molecule has 1 unspecified atom stereocenters. The molecule has 15 N–H and O–H groups in total. The Labute approximate surface area is 819 Å². The zero-order valence-corrected chi connectivity index (χ0v) is 79.6. The Balaban J connectivity index is 0.000000127. The fraction of sp³-hybridized carbons (Fsp3) is 0.136. The van der Waals surface area contributed by atoms with E-state index < -0.39 is 0 Å². The molecule has 0 aliphatic rings. The van der Waals surface area contributed by atoms with Gasteiger partial charge in [-0.3, -0.25) is 23.4 Å². The maximum Gasteiger partial charge on any atom is 0.153 e. The summed E-state index contributed by atoms with van der Waals surface area (Å²) in [5, 5.41) is 92.4. The first-order valence-electron chi connectivity index (χ1n) is 45.2. The predicted octanol–water partition coefficient (Wildman–Crippen LogP) is 24.7. The fourth-order valence-electron chi connectivity index (χ4n) is 16.2. The molecule has 0 fully saturated rings. The molecule has 0 saturated carbocycles. The smallest absolute Gasteiger partial charge is 0.153 e. The SMILES string of the molecule is Cc1ccccc1-c1cc(N)c2cnc(Nc3ccn([C@@H](C)C#N)n3)cc2c1.Cc1ccccc1-c1cc(N)c2cnc(Nc3ccn([C@H](C)C#N)n3)cc2c1.Cc1ccccc1-c1cc(N)c2cnc(Nc3cnn(C(C)C#N)c3)cc2c1Cl.Cc1ccccc1-c1cc(N)c2cnc(Nc3cnn([C@@H](C)C#N)c3)cc2c1.Cc1ccccc1-c1cc(N)c2cnc(Nc3cnn([C@H](C)C#N)c3)cc2c1. The fourth-order valence-corrected chi connectivity index (χ4v) is 16.5. The number of nitrogens with zero attached hydrogens (tertiary/aromatic N) is 20. The number of hydrogen-bond acceptors (Lipinski definition) is 25. The first-order valence-corrected chi connectivity index (χ1v) is 45.6. The lowest BCUT2D eigenvalue weighted by atomic mass is 9.97. The normalized spacial score (nSPS) is 11.9. The van der Waals surface area contributed by atoms with Crippen LogP contribution in [0.25, 0.3) is 109 Å². The average Bonchev–Trinajstić information content (AvgIpc) is 1.44. The van der Waals surface area contributed by atoms with Crippen molar-refractivity contribution in [2.24, 2.45) is 0 Å². The van der Waals surface area contributed by atoms with Crippen molar-refractivity contribution in [2.45, 2.75) is 99.4 Å². The highest BCUT2D eigenvalue weighted by atomic mass is 35.5. The molecule has 696 valence electrons. The number of halogens is 1. The number of anilines is 15. The summed E-state index contributed by atoms with van der Waals surface area (Å²) in [4.78, 5) is 22.3. The molecule has 0 saturated heterocycles. The van der Waals surface area contributed by atoms with Gasteiger partial charge in [0.15, 0.2) is 11.6 Å². The van der Waals surface area contributed by atoms with Crippen LogP contribution in [0.4, 0.5) is 86.2 Å². The zero-order chi connectivity index (χ0) is 99.2. The number of fused-ring (bicyclic) bond motifs is 5. The molecule has 0 aliphatic heterocycles. The van der Waals surface area contributed by atoms with Gasteiger partial charge < -0.3 is 55.3 Å². The highest BCUT2D eigenvalue weighted by Gasteiger charge is 2.20. The van der Waals surface area contributed by atoms with Crippen molar-refractivity contribution in [2.75, 3.05) is 55.3 Å². The van der Waals surface area contributed by atoms with Crippen molar-refractivity contribution in [1.29, 1.82) is 26.3 Å². The van der Waals surface area contributed by atoms with Crippen molar-refractivity contribution in [3.8, 4) is 86.0 Å². The topological polar surface area (TPSA) is 463 Å². The summed E-state index contributed by atoms with van der Waals surface area (Å²) in [7, 11) is 0. The lowest BCUT2D eigenvalue weighted by Crippen LogP contribution is -2.04. The van der Waals surface area contributed by atoms with Crippen LogP contribution in [-0.4, -0.2) is 73.8 Å². The largest absolute Gasteiger partial charge is 0.398 e. The van der Waals surface area contributed by atoms with E-state index in [1.54, 1.807) is 139 Å². The van der Waals surface area contributed by atoms with E-state index >= 15 is 0 Å². The summed E-state index contributed by atoms with van der Waals surface area (Å²) in [5.74, 6) is 4.61. The van der Waals surface area contributed by atoms with Crippen molar-refractivity contribution >= 4 is 152 Å². The van der Waals surface area contributed by atoms with E-state index in [0.717, 1.165) is 132 Å². The lowest BCUT2D eigenvalue weighted by Gasteiger charge is -2.14. The van der Waals surface area contributed by atoms with Crippen LogP contribution in [0.2, 0.25) is 5.02 Å². The number of aryl methyl sites for hydroxylation is 5. The number of pyridine rings is 5. The van der Waals surface area contributed by atoms with Crippen LogP contribution in [0.3, 0.4) is 0 Å². The van der Waals surface area contributed by atoms with Crippen LogP contribution in [0.1, 0.15) is 92.6 Å². The summed E-state index contributed by atoms with van der Waals surface area (Å²) >= 11 is 6.80. The molecule has 10 aromatic heterocycles. The molecule has 31 heteroatoms. The number of hydrogen-bond donors (Lipinski definition) is 10. The minimum atomic E-state index is -0.346. The molecular weight excluding hydrogens is 1780 g/mol. The maximum atomic E-state index is 9.03. The van der Waals surface area contributed by atoms with Gasteiger partial charge >= 0.3 is 0 Å². The summed E-state index contributed by atoms with van der Waals surface area (Å²) < 4.78 is 8.02. The average molecular weight is 1880 g/mol. The molecule has 0 aliphatic carbocycles. The monoisotopic (exact) mass is 1870 g/mol. The Hall–Kier alpha value is -19.0. The van der Waals surface area contributed by atoms with E-state index in [9.17, 15) is 0 Å². The Morgan fingerprint density at radius 1 is 0.270 bits per heavy atom. The summed E-state index contributed by atoms with van der Waals surface area (Å²) in [6.07, 6.45) is 22.7. The Morgan fingerprint density at radius 2 is 0.525 bits per heavy atom. The molecule has 20 aromatic rings. The van der Waals surface area contributed by atoms with Gasteiger partial charge in [-0.15, -0.1) is 0 Å². The third-order valence-electron chi connectivity index (χ3n) is 24.0. The zero-order valence-electron chi connectivity index (χ0n) is 78.9. The van der Waals surface area contributed by atoms with Crippen molar-refractivity contribution in [3.05, 3.63) is 332 Å². The van der Waals surface area contributed by atoms with Crippen molar-refractivity contribution in [3.63, 3.8) is 0 Å². The third kappa shape index (κ3) is 21.9. The molecule has 0 radical (unpaired) electrons. The van der Waals surface area contributed by atoms with Gasteiger partial charge in [0.25, 0.3) is 0 Å². The molecule has 5 atom stereocenters. The van der Waals surface area contributed by atoms with Crippen LogP contribution in [0.5, 0.6) is 0 Å². The summed E-state index contributed by atoms with van der Waals surface area (Å²) in [5.41, 5.74) is 54.0. The van der Waals surface area contributed by atoms with Crippen LogP contribution < -0.4 is 55.3 Å². The van der Waals surface area contributed by atoms with Gasteiger partial charge in [0.2, 0.25) is 0 Å². The number of aromatic nitrogens is 15. The van der Waals surface area contributed by atoms with E-state index in [4.69, 9.17) is 66.6 Å². The van der Waals surface area contributed by atoms with Gasteiger partial charge in [0.05, 0.1) is 71.0 Å². The molecule has 20 rings (SSSR count). The molecule has 141 heavy (non-hydrogen) atoms. The highest BCUT2D eigenvalue weighted by Crippen LogP contribution is 2.42. The molecule has 0 bridgehead atoms. The van der Waals surface area contributed by atoms with Gasteiger partial charge in [-0.2, -0.15) is 51.8 Å². The molecule has 10 heterocycles. The van der Waals surface area contributed by atoms with E-state index in [-0.39, 0.29) is 30.2 Å². The van der Waals surface area contributed by atoms with Gasteiger partial charge in [-0.1, -0.05) is 133 Å². The predicted molar refractivity (Wildman–Crippen MR) is 566 cm³/mol. The second kappa shape index (κ2) is 42.3. The summed E-state index contributed by atoms with van der Waals surface area (Å²) in [6, 6.07) is 81.9. The number of benzene rings is 10. The highest BCUT2D eigenvalue weighted by molar-refractivity contribution is 6.39. The Morgan fingerprint density at radius 3 is 0.816 bits per heavy atom. The van der Waals surface area contributed by atoms with Gasteiger partial charge in [-0.25, -0.2) is 24.9 Å². The van der Waals surface area contributed by atoms with Crippen molar-refractivity contribution < 1.29 is 0 Å². The summed E-state index contributed by atoms with van der Waals surface area (Å²) in [6.45, 7) is 19.4. The number of nitrogens with two attached hydrogens (primary N) is 5. The minimum Gasteiger partial charge on any atom is -0.398 e. The molecular formula is C110H99ClN30. The first-order chi connectivity index (χ1) is 68.2. The molecule has 10 aromatic carbocycles. The van der Waals surface area contributed by atoms with Gasteiger partial charge in [0.1, 0.15) is 59.3 Å². The standard InChI is InChI=1S/C22H19ClN6.4C22H20N6/c1-13-5-3-4-6-16(13)17-7-20(25)19-11-26-21(8-18(19)22(17)23)28-15-10-27-29(12-15)14(2)9-24;2*1-14-5-3-4-6-19(14)16-7-17-9-22(25-12-20(17)21(24)8-16)27-18-11-26-28(13-18)15(2)10-23;2*1-14-5-3-4-6-18(14)16-9-17-11-22(25-13-19(17)20(24)10-16)26-21-7-8-28(27-21)15(2)12-23/h3-8,10-12,14H,25H2,1-2H3,(H,26,28);2*3-9,11-13,15H,24H2,1-2H3,(H,25,27);2*3-11,13,15H,24H2,1-2H3,(H,25,26,27)/t;4*15-/m.1010/s1. The lowest BCUT2D eigenvalue weighted by molar-refractivity contribution is 0.591. The minimum absolute atomic E-state index is 0.323. The molecule has 0 spiro atoms. The first kappa shape index (κ1) is 95.2. The number of nitrogen functional groups attached to an aromatic ring is 5. The van der Waals surface area contributed by atoms with Gasteiger partial charge in [-0.05, 0) is 254 Å². The van der Waals surface area contributed by atoms with Crippen LogP contribution in [-0.2, 0) is 0 Å². The van der Waals surface area contributed by atoms with Crippen LogP contribution in [0.15, 0.2) is 299 Å². The van der Waals surface area contributed by atoms with E-state index in [1.807, 2.05) is 153 Å². The Kier molecular flexibility index (Phi) is 28.6. The van der Waals surface area contributed by atoms with Gasteiger partial charge in [0, 0.05) is 140 Å². The van der Waals surface area contributed by atoms with E-state index in [2.05, 4.69) is 208 Å². The molecule has 30 nitrogen and oxygen atoms in total. The maximum absolute atomic E-state index is 9.03. The number of nitriles is 5. The van der Waals surface area contributed by atoms with Crippen LogP contribution in [0, 0.1) is 91.3 Å². The second-order valence-electron chi connectivity index (χ2n) is 34.1. The molecule has 0 amide bonds. The van der Waals surface area contributed by atoms with Crippen molar-refractivity contribution in [1.82, 2.24) is 73.8 Å². The second-order valence-corrected chi connectivity index (χ2v) is 34.5. The van der Waals surface area contributed by atoms with E-state index in [1.165, 1.54) is 22.3 Å².